The molecule has 0 spiro atoms. The number of thioether (sulfide) groups is 1. The molecule has 1 N–H and O–H groups in total. The zero-order valence-electron chi connectivity index (χ0n) is 5.60. The Morgan fingerprint density at radius 1 is 1.62 bits per heavy atom. The van der Waals surface area contributed by atoms with Crippen molar-refractivity contribution < 1.29 is 4.84 Å². The van der Waals surface area contributed by atoms with Crippen molar-refractivity contribution in [2.75, 3.05) is 12.2 Å². The highest BCUT2D eigenvalue weighted by Gasteiger charge is 1.87. The summed E-state index contributed by atoms with van der Waals surface area (Å²) in [6.07, 6.45) is 2.00. The van der Waals surface area contributed by atoms with Gasteiger partial charge in [0.1, 0.15) is 5.94 Å². The minimum atomic E-state index is 0.419. The van der Waals surface area contributed by atoms with Crippen LogP contribution in [0.2, 0.25) is 0 Å². The topological polar surface area (TPSA) is 21.3 Å². The Kier molecular flexibility index (Phi) is 5.59. The average molecular weight is 135 g/mol. The summed E-state index contributed by atoms with van der Waals surface area (Å²) in [6.45, 7) is 4.08. The highest BCUT2D eigenvalue weighted by molar-refractivity contribution is 7.98. The van der Waals surface area contributed by atoms with Gasteiger partial charge in [-0.3, -0.25) is 4.84 Å². The number of hydrogen-bond acceptors (Lipinski definition) is 3. The zero-order valence-corrected chi connectivity index (χ0v) is 6.42. The molecule has 0 aliphatic rings. The molecule has 0 fully saturated rings. The summed E-state index contributed by atoms with van der Waals surface area (Å²) in [6, 6.07) is 0.419. The molecule has 0 rings (SSSR count). The van der Waals surface area contributed by atoms with Gasteiger partial charge >= 0.3 is 0 Å². The third-order valence-electron chi connectivity index (χ3n) is 0.496. The van der Waals surface area contributed by atoms with Crippen molar-refractivity contribution >= 4 is 11.8 Å². The lowest BCUT2D eigenvalue weighted by atomic mass is 10.4. The van der Waals surface area contributed by atoms with E-state index in [1.807, 2.05) is 20.1 Å². The van der Waals surface area contributed by atoms with Crippen molar-refractivity contribution in [2.24, 2.45) is 0 Å². The molecule has 0 aliphatic carbocycles. The maximum absolute atomic E-state index is 4.96. The maximum Gasteiger partial charge on any atom is 0.113 e. The van der Waals surface area contributed by atoms with E-state index in [-0.39, 0.29) is 0 Å². The lowest BCUT2D eigenvalue weighted by Gasteiger charge is -2.05. The van der Waals surface area contributed by atoms with Gasteiger partial charge in [0, 0.05) is 6.04 Å². The second-order valence-corrected chi connectivity index (χ2v) is 2.64. The molecule has 0 atom stereocenters. The Hall–Kier alpha value is 0.270. The molecule has 0 amide bonds. The van der Waals surface area contributed by atoms with Crippen molar-refractivity contribution in [2.45, 2.75) is 19.9 Å². The van der Waals surface area contributed by atoms with E-state index in [0.717, 1.165) is 5.94 Å². The number of hydrogen-bond donors (Lipinski definition) is 1. The Labute approximate surface area is 54.9 Å². The Morgan fingerprint density at radius 2 is 2.25 bits per heavy atom. The van der Waals surface area contributed by atoms with Gasteiger partial charge in [0.2, 0.25) is 0 Å². The smallest absolute Gasteiger partial charge is 0.113 e. The van der Waals surface area contributed by atoms with Crippen molar-refractivity contribution in [3.63, 3.8) is 0 Å². The molecule has 0 saturated carbocycles. The molecule has 0 aromatic rings. The van der Waals surface area contributed by atoms with Crippen LogP contribution in [0.4, 0.5) is 0 Å². The highest BCUT2D eigenvalue weighted by atomic mass is 32.2. The van der Waals surface area contributed by atoms with E-state index in [1.54, 1.807) is 11.8 Å². The second-order valence-electron chi connectivity index (χ2n) is 1.82. The first-order valence-corrected chi connectivity index (χ1v) is 4.03. The van der Waals surface area contributed by atoms with Crippen LogP contribution >= 0.6 is 11.8 Å². The quantitative estimate of drug-likeness (QED) is 0.356. The Balaban J connectivity index is 2.72. The summed E-state index contributed by atoms with van der Waals surface area (Å²) in [5.41, 5.74) is 2.83. The predicted octanol–water partition coefficient (Wildman–Crippen LogP) is 1.24. The molecule has 2 nitrogen and oxygen atoms in total. The van der Waals surface area contributed by atoms with Crippen LogP contribution < -0.4 is 5.48 Å². The van der Waals surface area contributed by atoms with Gasteiger partial charge in [0.15, 0.2) is 0 Å². The van der Waals surface area contributed by atoms with Gasteiger partial charge < -0.3 is 0 Å². The van der Waals surface area contributed by atoms with E-state index in [0.29, 0.717) is 6.04 Å². The van der Waals surface area contributed by atoms with Gasteiger partial charge in [-0.1, -0.05) is 0 Å². The average Bonchev–Trinajstić information content (AvgIpc) is 1.66. The van der Waals surface area contributed by atoms with Gasteiger partial charge in [-0.25, -0.2) is 0 Å². The predicted molar refractivity (Wildman–Crippen MR) is 37.7 cm³/mol. The van der Waals surface area contributed by atoms with E-state index in [4.69, 9.17) is 4.84 Å². The van der Waals surface area contributed by atoms with E-state index in [1.165, 1.54) is 0 Å². The highest BCUT2D eigenvalue weighted by Crippen LogP contribution is 1.89. The van der Waals surface area contributed by atoms with Gasteiger partial charge in [-0.15, -0.1) is 11.8 Å². The largest absolute Gasteiger partial charge is 0.291 e. The van der Waals surface area contributed by atoms with Gasteiger partial charge in [0.05, 0.1) is 0 Å². The minimum absolute atomic E-state index is 0.419. The van der Waals surface area contributed by atoms with Crippen LogP contribution in [0.3, 0.4) is 0 Å². The van der Waals surface area contributed by atoms with Crippen LogP contribution in [0.5, 0.6) is 0 Å². The molecule has 8 heavy (non-hydrogen) atoms. The Morgan fingerprint density at radius 3 is 2.62 bits per heavy atom. The van der Waals surface area contributed by atoms with Gasteiger partial charge in [-0.05, 0) is 20.1 Å². The second kappa shape index (κ2) is 5.41. The fourth-order valence-corrected chi connectivity index (χ4v) is 0.446. The minimum Gasteiger partial charge on any atom is -0.291 e. The molecule has 0 bridgehead atoms. The summed E-state index contributed by atoms with van der Waals surface area (Å²) < 4.78 is 0. The molecule has 0 aliphatic heterocycles. The van der Waals surface area contributed by atoms with Crippen LogP contribution in [-0.2, 0) is 4.84 Å². The summed E-state index contributed by atoms with van der Waals surface area (Å²) in [5.74, 6) is 0.720. The molecule has 0 aromatic carbocycles. The summed E-state index contributed by atoms with van der Waals surface area (Å²) >= 11 is 1.66. The van der Waals surface area contributed by atoms with Crippen LogP contribution in [0, 0.1) is 0 Å². The first-order chi connectivity index (χ1) is 3.77. The molecular weight excluding hydrogens is 122 g/mol. The third-order valence-corrected chi connectivity index (χ3v) is 0.849. The molecule has 0 unspecified atom stereocenters. The summed E-state index contributed by atoms with van der Waals surface area (Å²) in [5, 5.41) is 0. The lowest BCUT2D eigenvalue weighted by Crippen LogP contribution is -2.22. The van der Waals surface area contributed by atoms with Crippen LogP contribution in [0.1, 0.15) is 13.8 Å². The van der Waals surface area contributed by atoms with E-state index < -0.39 is 0 Å². The molecule has 50 valence electrons. The van der Waals surface area contributed by atoms with Crippen LogP contribution in [0.15, 0.2) is 0 Å². The fraction of sp³-hybridized carbons (Fsp3) is 1.00. The zero-order chi connectivity index (χ0) is 6.41. The van der Waals surface area contributed by atoms with E-state index in [2.05, 4.69) is 5.48 Å². The van der Waals surface area contributed by atoms with Crippen LogP contribution in [-0.4, -0.2) is 18.2 Å². The van der Waals surface area contributed by atoms with Crippen molar-refractivity contribution in [1.29, 1.82) is 0 Å². The van der Waals surface area contributed by atoms with Gasteiger partial charge in [0.25, 0.3) is 0 Å². The first kappa shape index (κ1) is 8.27. The van der Waals surface area contributed by atoms with E-state index in [9.17, 15) is 0 Å². The molecule has 0 aromatic heterocycles. The monoisotopic (exact) mass is 135 g/mol. The number of nitrogens with one attached hydrogen (secondary N) is 1. The first-order valence-electron chi connectivity index (χ1n) is 2.63. The Bertz CT molecular complexity index is 49.7. The maximum atomic E-state index is 4.96. The van der Waals surface area contributed by atoms with Crippen LogP contribution in [0.25, 0.3) is 0 Å². The molecule has 0 radical (unpaired) electrons. The number of rotatable bonds is 4. The number of hydroxylamine groups is 1. The summed E-state index contributed by atoms with van der Waals surface area (Å²) in [4.78, 5) is 4.96. The van der Waals surface area contributed by atoms with Crippen molar-refractivity contribution in [1.82, 2.24) is 5.48 Å². The van der Waals surface area contributed by atoms with Gasteiger partial charge in [-0.2, -0.15) is 5.48 Å². The lowest BCUT2D eigenvalue weighted by molar-refractivity contribution is 0.0592. The molecule has 3 heteroatoms. The molecular formula is C5H13NOS. The third kappa shape index (κ3) is 6.27. The molecule has 0 saturated heterocycles. The SMILES string of the molecule is CSCONC(C)C. The molecule has 0 heterocycles. The van der Waals surface area contributed by atoms with Crippen molar-refractivity contribution in [3.8, 4) is 0 Å². The fourth-order valence-electron chi connectivity index (χ4n) is 0.260. The van der Waals surface area contributed by atoms with Crippen molar-refractivity contribution in [3.05, 3.63) is 0 Å². The summed E-state index contributed by atoms with van der Waals surface area (Å²) in [7, 11) is 0. The van der Waals surface area contributed by atoms with E-state index >= 15 is 0 Å². The standard InChI is InChI=1S/C5H13NOS/c1-5(2)6-7-4-8-3/h5-6H,4H2,1-3H3. The normalized spacial score (nSPS) is 10.5.